The van der Waals surface area contributed by atoms with Crippen LogP contribution in [0.3, 0.4) is 0 Å². The molecule has 4 heteroatoms. The summed E-state index contributed by atoms with van der Waals surface area (Å²) < 4.78 is 11.5. The van der Waals surface area contributed by atoms with E-state index in [1.54, 1.807) is 0 Å². The van der Waals surface area contributed by atoms with Crippen LogP contribution < -0.4 is 9.61 Å². The van der Waals surface area contributed by atoms with Crippen molar-refractivity contribution in [1.29, 1.82) is 0 Å². The second kappa shape index (κ2) is 4.75. The van der Waals surface area contributed by atoms with Gasteiger partial charge in [-0.05, 0) is 22.9 Å². The molecular weight excluding hydrogens is 280 g/mol. The SMILES string of the molecule is O=C1O[SiH](c2ccccc2)Oc2cc3ccccc3cc21. The quantitative estimate of drug-likeness (QED) is 0.647. The molecule has 0 saturated heterocycles. The molecule has 21 heavy (non-hydrogen) atoms. The molecule has 0 saturated carbocycles. The predicted molar refractivity (Wildman–Crippen MR) is 83.2 cm³/mol. The molecule has 1 aliphatic heterocycles. The van der Waals surface area contributed by atoms with Crippen LogP contribution in [0.5, 0.6) is 5.75 Å². The Morgan fingerprint density at radius 3 is 2.19 bits per heavy atom. The van der Waals surface area contributed by atoms with Crippen LogP contribution in [0.1, 0.15) is 10.4 Å². The van der Waals surface area contributed by atoms with Gasteiger partial charge in [-0.15, -0.1) is 0 Å². The van der Waals surface area contributed by atoms with Crippen LogP contribution in [0.25, 0.3) is 10.8 Å². The molecule has 0 radical (unpaired) electrons. The molecule has 0 spiro atoms. The second-order valence-electron chi connectivity index (χ2n) is 4.96. The smallest absolute Gasteiger partial charge is 0.481 e. The zero-order chi connectivity index (χ0) is 14.2. The summed E-state index contributed by atoms with van der Waals surface area (Å²) in [5, 5.41) is 3.04. The van der Waals surface area contributed by atoms with E-state index in [2.05, 4.69) is 0 Å². The molecule has 1 aliphatic rings. The zero-order valence-electron chi connectivity index (χ0n) is 11.2. The molecule has 102 valence electrons. The van der Waals surface area contributed by atoms with E-state index in [1.807, 2.05) is 66.7 Å². The number of carbonyl (C=O) groups is 1. The molecule has 0 bridgehead atoms. The summed E-state index contributed by atoms with van der Waals surface area (Å²) in [5.74, 6) is 0.341. The molecule has 0 amide bonds. The normalized spacial score (nSPS) is 17.0. The minimum Gasteiger partial charge on any atom is -0.510 e. The lowest BCUT2D eigenvalue weighted by molar-refractivity contribution is 0.0687. The topological polar surface area (TPSA) is 35.5 Å². The van der Waals surface area contributed by atoms with Crippen molar-refractivity contribution in [2.24, 2.45) is 0 Å². The standard InChI is InChI=1S/C17H12O3Si/c18-17-15-10-12-6-4-5-7-13(12)11-16(15)19-21(20-17)14-8-2-1-3-9-14/h1-11,21H. The first-order valence-corrected chi connectivity index (χ1v) is 8.29. The van der Waals surface area contributed by atoms with E-state index in [9.17, 15) is 4.79 Å². The molecule has 0 fully saturated rings. The van der Waals surface area contributed by atoms with Gasteiger partial charge in [0.05, 0.1) is 5.56 Å². The summed E-state index contributed by atoms with van der Waals surface area (Å²) in [6.07, 6.45) is 0. The van der Waals surface area contributed by atoms with Gasteiger partial charge in [-0.1, -0.05) is 54.6 Å². The fourth-order valence-electron chi connectivity index (χ4n) is 2.52. The van der Waals surface area contributed by atoms with Crippen LogP contribution in [0.4, 0.5) is 0 Å². The van der Waals surface area contributed by atoms with Crippen molar-refractivity contribution in [2.45, 2.75) is 0 Å². The maximum absolute atomic E-state index is 12.2. The third-order valence-corrected chi connectivity index (χ3v) is 5.41. The first kappa shape index (κ1) is 12.2. The maximum Gasteiger partial charge on any atom is 0.481 e. The van der Waals surface area contributed by atoms with Crippen molar-refractivity contribution in [3.63, 3.8) is 0 Å². The van der Waals surface area contributed by atoms with Crippen LogP contribution in [-0.4, -0.2) is 15.3 Å². The fourth-order valence-corrected chi connectivity index (χ4v) is 4.13. The lowest BCUT2D eigenvalue weighted by Gasteiger charge is -2.25. The average Bonchev–Trinajstić information content (AvgIpc) is 2.54. The summed E-state index contributed by atoms with van der Waals surface area (Å²) in [6.45, 7) is 0. The second-order valence-corrected chi connectivity index (χ2v) is 6.76. The van der Waals surface area contributed by atoms with E-state index in [4.69, 9.17) is 8.85 Å². The Hall–Kier alpha value is -2.59. The van der Waals surface area contributed by atoms with Crippen LogP contribution in [-0.2, 0) is 4.43 Å². The van der Waals surface area contributed by atoms with Gasteiger partial charge in [-0.3, -0.25) is 0 Å². The van der Waals surface area contributed by atoms with Crippen LogP contribution in [0, 0.1) is 0 Å². The highest BCUT2D eigenvalue weighted by Crippen LogP contribution is 2.30. The number of hydrogen-bond donors (Lipinski definition) is 0. The Morgan fingerprint density at radius 2 is 1.43 bits per heavy atom. The van der Waals surface area contributed by atoms with Gasteiger partial charge in [-0.2, -0.15) is 0 Å². The van der Waals surface area contributed by atoms with E-state index >= 15 is 0 Å². The Kier molecular flexibility index (Phi) is 2.75. The van der Waals surface area contributed by atoms with Crippen molar-refractivity contribution >= 4 is 31.2 Å². The number of fused-ring (bicyclic) bond motifs is 2. The van der Waals surface area contributed by atoms with E-state index in [0.717, 1.165) is 16.0 Å². The van der Waals surface area contributed by atoms with Crippen molar-refractivity contribution in [1.82, 2.24) is 0 Å². The van der Waals surface area contributed by atoms with Crippen molar-refractivity contribution in [2.75, 3.05) is 0 Å². The van der Waals surface area contributed by atoms with E-state index in [1.165, 1.54) is 0 Å². The summed E-state index contributed by atoms with van der Waals surface area (Å²) >= 11 is 0. The maximum atomic E-state index is 12.2. The number of carbonyl (C=O) groups excluding carboxylic acids is 1. The molecule has 3 aromatic carbocycles. The number of rotatable bonds is 1. The summed E-state index contributed by atoms with van der Waals surface area (Å²) in [4.78, 5) is 12.2. The van der Waals surface area contributed by atoms with Gasteiger partial charge in [0.25, 0.3) is 0 Å². The van der Waals surface area contributed by atoms with Gasteiger partial charge in [0, 0.05) is 5.19 Å². The molecule has 3 nitrogen and oxygen atoms in total. The monoisotopic (exact) mass is 292 g/mol. The third-order valence-electron chi connectivity index (χ3n) is 3.59. The molecule has 0 N–H and O–H groups in total. The Bertz CT molecular complexity index is 830. The summed E-state index contributed by atoms with van der Waals surface area (Å²) in [6, 6.07) is 21.3. The fraction of sp³-hybridized carbons (Fsp3) is 0. The predicted octanol–water partition coefficient (Wildman–Crippen LogP) is 2.52. The highest BCUT2D eigenvalue weighted by molar-refractivity contribution is 6.64. The van der Waals surface area contributed by atoms with E-state index in [0.29, 0.717) is 11.3 Å². The van der Waals surface area contributed by atoms with Crippen molar-refractivity contribution < 1.29 is 13.6 Å². The van der Waals surface area contributed by atoms with Gasteiger partial charge >= 0.3 is 15.3 Å². The van der Waals surface area contributed by atoms with Crippen LogP contribution in [0.15, 0.2) is 66.7 Å². The molecule has 3 aromatic rings. The van der Waals surface area contributed by atoms with Gasteiger partial charge in [0.1, 0.15) is 5.75 Å². The average molecular weight is 292 g/mol. The number of hydrogen-bond acceptors (Lipinski definition) is 3. The first-order chi connectivity index (χ1) is 10.3. The van der Waals surface area contributed by atoms with E-state index in [-0.39, 0.29) is 5.97 Å². The minimum absolute atomic E-state index is 0.289. The molecule has 1 heterocycles. The van der Waals surface area contributed by atoms with Crippen molar-refractivity contribution in [3.8, 4) is 5.75 Å². The summed E-state index contributed by atoms with van der Waals surface area (Å²) in [7, 11) is -2.21. The Balaban J connectivity index is 1.80. The van der Waals surface area contributed by atoms with Gasteiger partial charge in [0.15, 0.2) is 0 Å². The molecule has 0 aliphatic carbocycles. The Labute approximate surface area is 123 Å². The highest BCUT2D eigenvalue weighted by Gasteiger charge is 2.31. The van der Waals surface area contributed by atoms with E-state index < -0.39 is 9.28 Å². The molecule has 4 rings (SSSR count). The van der Waals surface area contributed by atoms with Crippen LogP contribution in [0.2, 0.25) is 0 Å². The van der Waals surface area contributed by atoms with Crippen molar-refractivity contribution in [3.05, 3.63) is 72.3 Å². The molecular formula is C17H12O3Si. The largest absolute Gasteiger partial charge is 0.510 e. The van der Waals surface area contributed by atoms with Gasteiger partial charge in [-0.25, -0.2) is 4.79 Å². The number of benzene rings is 3. The first-order valence-electron chi connectivity index (χ1n) is 6.77. The van der Waals surface area contributed by atoms with Gasteiger partial charge < -0.3 is 8.85 Å². The highest BCUT2D eigenvalue weighted by atomic mass is 28.3. The third kappa shape index (κ3) is 2.10. The Morgan fingerprint density at radius 1 is 0.762 bits per heavy atom. The minimum atomic E-state index is -2.21. The van der Waals surface area contributed by atoms with Crippen LogP contribution >= 0.6 is 0 Å². The molecule has 0 aromatic heterocycles. The van der Waals surface area contributed by atoms with Gasteiger partial charge in [0.2, 0.25) is 0 Å². The summed E-state index contributed by atoms with van der Waals surface area (Å²) in [5.41, 5.74) is 0.508. The lowest BCUT2D eigenvalue weighted by Crippen LogP contribution is -2.44. The zero-order valence-corrected chi connectivity index (χ0v) is 12.3. The molecule has 1 atom stereocenters. The lowest BCUT2D eigenvalue weighted by atomic mass is 10.1. The molecule has 1 unspecified atom stereocenters.